The molecule has 0 spiro atoms. The molecule has 1 aromatic rings. The summed E-state index contributed by atoms with van der Waals surface area (Å²) in [6.07, 6.45) is 6.34. The number of unbranched alkanes of at least 4 members (excludes halogenated alkanes) is 3. The zero-order chi connectivity index (χ0) is 18.4. The van der Waals surface area contributed by atoms with E-state index in [1.165, 1.54) is 39.2 Å². The summed E-state index contributed by atoms with van der Waals surface area (Å²) in [4.78, 5) is 13.8. The zero-order valence-corrected chi connectivity index (χ0v) is 16.3. The number of carbonyl (C=O) groups is 1. The predicted molar refractivity (Wildman–Crippen MR) is 104 cm³/mol. The summed E-state index contributed by atoms with van der Waals surface area (Å²) < 4.78 is 0. The number of benzene rings is 1. The fourth-order valence-electron chi connectivity index (χ4n) is 3.89. The quantitative estimate of drug-likeness (QED) is 0.563. The van der Waals surface area contributed by atoms with Crippen LogP contribution in [0.5, 0.6) is 5.75 Å². The average molecular weight is 347 g/mol. The van der Waals surface area contributed by atoms with Crippen LogP contribution in [0.3, 0.4) is 0 Å². The van der Waals surface area contributed by atoms with Gasteiger partial charge in [-0.2, -0.15) is 0 Å². The number of nitrogens with zero attached hydrogens (tertiary/aromatic N) is 1. The number of hydrogen-bond acceptors (Lipinski definition) is 3. The number of phenols is 1. The molecular formula is C21H34N2O2. The topological polar surface area (TPSA) is 52.6 Å². The van der Waals surface area contributed by atoms with Gasteiger partial charge in [0.05, 0.1) is 5.69 Å². The van der Waals surface area contributed by atoms with Crippen molar-refractivity contribution in [2.45, 2.75) is 65.2 Å². The Hall–Kier alpha value is -1.55. The van der Waals surface area contributed by atoms with Crippen LogP contribution in [-0.4, -0.2) is 35.5 Å². The maximum absolute atomic E-state index is 11.2. The molecule has 1 aromatic carbocycles. The van der Waals surface area contributed by atoms with Gasteiger partial charge in [0.2, 0.25) is 5.91 Å². The number of piperidine rings is 1. The monoisotopic (exact) mass is 346 g/mol. The first kappa shape index (κ1) is 19.8. The van der Waals surface area contributed by atoms with Gasteiger partial charge < -0.3 is 15.3 Å². The van der Waals surface area contributed by atoms with Crippen LogP contribution in [-0.2, 0) is 10.2 Å². The van der Waals surface area contributed by atoms with E-state index in [1.807, 2.05) is 12.1 Å². The molecule has 2 atom stereocenters. The van der Waals surface area contributed by atoms with E-state index in [4.69, 9.17) is 0 Å². The molecule has 0 radical (unpaired) electrons. The zero-order valence-electron chi connectivity index (χ0n) is 16.3. The summed E-state index contributed by atoms with van der Waals surface area (Å²) in [5, 5.41) is 12.9. The predicted octanol–water partition coefficient (Wildman–Crippen LogP) is 4.53. The van der Waals surface area contributed by atoms with E-state index >= 15 is 0 Å². The number of carbonyl (C=O) groups excluding carboxylic acids is 1. The van der Waals surface area contributed by atoms with Crippen molar-refractivity contribution >= 4 is 11.6 Å². The summed E-state index contributed by atoms with van der Waals surface area (Å²) in [5.41, 5.74) is 1.71. The van der Waals surface area contributed by atoms with E-state index in [0.717, 1.165) is 25.1 Å². The lowest BCUT2D eigenvalue weighted by Gasteiger charge is -2.45. The third-order valence-electron chi connectivity index (χ3n) is 5.86. The third kappa shape index (κ3) is 4.97. The van der Waals surface area contributed by atoms with Crippen LogP contribution in [0.2, 0.25) is 0 Å². The van der Waals surface area contributed by atoms with Gasteiger partial charge in [-0.1, -0.05) is 46.1 Å². The summed E-state index contributed by atoms with van der Waals surface area (Å²) in [6, 6.07) is 5.71. The fraction of sp³-hybridized carbons (Fsp3) is 0.667. The van der Waals surface area contributed by atoms with Crippen molar-refractivity contribution in [1.29, 1.82) is 0 Å². The number of phenolic OH excluding ortho intramolecular Hbond substituents is 1. The Bertz CT molecular complexity index is 587. The molecule has 4 nitrogen and oxygen atoms in total. The molecule has 0 bridgehead atoms. The number of amides is 1. The van der Waals surface area contributed by atoms with Gasteiger partial charge in [-0.3, -0.25) is 4.79 Å². The maximum Gasteiger partial charge on any atom is 0.221 e. The summed E-state index contributed by atoms with van der Waals surface area (Å²) in [6.45, 7) is 11.7. The second-order valence-electron chi connectivity index (χ2n) is 7.84. The van der Waals surface area contributed by atoms with Crippen molar-refractivity contribution in [3.8, 4) is 5.75 Å². The number of likely N-dealkylation sites (tertiary alicyclic amines) is 1. The molecule has 2 rings (SSSR count). The van der Waals surface area contributed by atoms with Crippen LogP contribution in [0.25, 0.3) is 0 Å². The highest BCUT2D eigenvalue weighted by Gasteiger charge is 2.38. The van der Waals surface area contributed by atoms with Crippen LogP contribution in [0.4, 0.5) is 5.69 Å². The van der Waals surface area contributed by atoms with Crippen molar-refractivity contribution < 1.29 is 9.90 Å². The van der Waals surface area contributed by atoms with E-state index < -0.39 is 0 Å². The Balaban J connectivity index is 2.02. The smallest absolute Gasteiger partial charge is 0.221 e. The molecule has 4 heteroatoms. The van der Waals surface area contributed by atoms with Crippen LogP contribution >= 0.6 is 0 Å². The third-order valence-corrected chi connectivity index (χ3v) is 5.86. The molecule has 1 fully saturated rings. The molecule has 1 amide bonds. The lowest BCUT2D eigenvalue weighted by Crippen LogP contribution is -2.47. The molecule has 1 aliphatic rings. The standard InChI is InChI=1S/C21H34N2O2/c1-5-6-7-8-12-23-13-11-21(4,16(2)15-23)18-9-10-19(20(25)14-18)22-17(3)24/h9-10,14,16,25H,5-8,11-13,15H2,1-4H3,(H,22,24)/t16-,21-/m0/s1. The highest BCUT2D eigenvalue weighted by atomic mass is 16.3. The highest BCUT2D eigenvalue weighted by Crippen LogP contribution is 2.41. The van der Waals surface area contributed by atoms with Gasteiger partial charge in [0.1, 0.15) is 5.75 Å². The molecule has 0 aliphatic carbocycles. The normalized spacial score (nSPS) is 24.2. The minimum Gasteiger partial charge on any atom is -0.506 e. The number of hydrogen-bond donors (Lipinski definition) is 2. The van der Waals surface area contributed by atoms with E-state index in [0.29, 0.717) is 11.6 Å². The Morgan fingerprint density at radius 3 is 2.72 bits per heavy atom. The summed E-state index contributed by atoms with van der Waals surface area (Å²) >= 11 is 0. The number of anilines is 1. The first-order valence-electron chi connectivity index (χ1n) is 9.70. The van der Waals surface area contributed by atoms with Crippen LogP contribution in [0.1, 0.15) is 65.4 Å². The van der Waals surface area contributed by atoms with E-state index in [-0.39, 0.29) is 17.1 Å². The molecule has 2 N–H and O–H groups in total. The van der Waals surface area contributed by atoms with Gasteiger partial charge >= 0.3 is 0 Å². The Labute approximate surface area is 152 Å². The first-order chi connectivity index (χ1) is 11.9. The minimum atomic E-state index is -0.168. The number of nitrogens with one attached hydrogen (secondary N) is 1. The summed E-state index contributed by atoms with van der Waals surface area (Å²) in [7, 11) is 0. The van der Waals surface area contributed by atoms with E-state index in [2.05, 4.69) is 37.1 Å². The maximum atomic E-state index is 11.2. The van der Waals surface area contributed by atoms with E-state index in [9.17, 15) is 9.90 Å². The molecular weight excluding hydrogens is 312 g/mol. The van der Waals surface area contributed by atoms with Gasteiger partial charge in [0.15, 0.2) is 0 Å². The average Bonchev–Trinajstić information content (AvgIpc) is 2.56. The van der Waals surface area contributed by atoms with Crippen molar-refractivity contribution in [2.24, 2.45) is 5.92 Å². The second kappa shape index (κ2) is 8.70. The van der Waals surface area contributed by atoms with Gasteiger partial charge in [-0.25, -0.2) is 0 Å². The van der Waals surface area contributed by atoms with Crippen LogP contribution in [0.15, 0.2) is 18.2 Å². The lowest BCUT2D eigenvalue weighted by atomic mass is 9.68. The van der Waals surface area contributed by atoms with Crippen molar-refractivity contribution in [1.82, 2.24) is 4.90 Å². The molecule has 0 aromatic heterocycles. The van der Waals surface area contributed by atoms with Gasteiger partial charge in [0, 0.05) is 13.5 Å². The molecule has 25 heavy (non-hydrogen) atoms. The van der Waals surface area contributed by atoms with Crippen molar-refractivity contribution in [3.05, 3.63) is 23.8 Å². The molecule has 1 saturated heterocycles. The van der Waals surface area contributed by atoms with Gasteiger partial charge in [-0.05, 0) is 55.0 Å². The van der Waals surface area contributed by atoms with E-state index in [1.54, 1.807) is 0 Å². The summed E-state index contributed by atoms with van der Waals surface area (Å²) in [5.74, 6) is 0.514. The Morgan fingerprint density at radius 2 is 2.12 bits per heavy atom. The molecule has 0 unspecified atom stereocenters. The van der Waals surface area contributed by atoms with Crippen LogP contribution < -0.4 is 5.32 Å². The number of rotatable bonds is 7. The van der Waals surface area contributed by atoms with Gasteiger partial charge in [-0.15, -0.1) is 0 Å². The molecule has 0 saturated carbocycles. The SMILES string of the molecule is CCCCCCN1CC[C@](C)(c2ccc(NC(C)=O)c(O)c2)[C@@H](C)C1. The van der Waals surface area contributed by atoms with Crippen LogP contribution in [0, 0.1) is 5.92 Å². The molecule has 140 valence electrons. The Morgan fingerprint density at radius 1 is 1.36 bits per heavy atom. The molecule has 1 heterocycles. The van der Waals surface area contributed by atoms with Gasteiger partial charge in [0.25, 0.3) is 0 Å². The highest BCUT2D eigenvalue weighted by molar-refractivity contribution is 5.90. The second-order valence-corrected chi connectivity index (χ2v) is 7.84. The fourth-order valence-corrected chi connectivity index (χ4v) is 3.89. The van der Waals surface area contributed by atoms with Crippen molar-refractivity contribution in [3.63, 3.8) is 0 Å². The minimum absolute atomic E-state index is 0.0617. The largest absolute Gasteiger partial charge is 0.506 e. The lowest BCUT2D eigenvalue weighted by molar-refractivity contribution is -0.114. The number of aromatic hydroxyl groups is 1. The molecule has 1 aliphatic heterocycles. The first-order valence-corrected chi connectivity index (χ1v) is 9.70. The Kier molecular flexibility index (Phi) is 6.88. The van der Waals surface area contributed by atoms with Crippen molar-refractivity contribution in [2.75, 3.05) is 25.0 Å².